The fraction of sp³-hybridized carbons (Fsp3) is 0.889. The third kappa shape index (κ3) is 2.09. The summed E-state index contributed by atoms with van der Waals surface area (Å²) >= 11 is 0. The van der Waals surface area contributed by atoms with Crippen molar-refractivity contribution in [1.82, 2.24) is 0 Å². The highest BCUT2D eigenvalue weighted by molar-refractivity contribution is 6.83. The van der Waals surface area contributed by atoms with Crippen LogP contribution in [0.4, 0.5) is 0 Å². The van der Waals surface area contributed by atoms with E-state index in [1.165, 1.54) is 0 Å². The first-order chi connectivity index (χ1) is 5.10. The van der Waals surface area contributed by atoms with E-state index in [-0.39, 0.29) is 10.6 Å². The zero-order valence-electron chi connectivity index (χ0n) is 8.93. The molecular formula is C9H20O2Si. The molecule has 2 nitrogen and oxygen atoms in total. The lowest BCUT2D eigenvalue weighted by atomic mass is 10.2. The second-order valence-corrected chi connectivity index (χ2v) is 10.8. The van der Waals surface area contributed by atoms with Gasteiger partial charge in [-0.05, 0) is 5.04 Å². The molecule has 0 aromatic heterocycles. The molecule has 0 aliphatic rings. The van der Waals surface area contributed by atoms with E-state index < -0.39 is 14.0 Å². The number of carboxylic acid groups (broad SMARTS) is 1. The molecule has 0 fully saturated rings. The molecule has 0 unspecified atom stereocenters. The molecule has 1 atom stereocenters. The maximum absolute atomic E-state index is 10.8. The topological polar surface area (TPSA) is 37.3 Å². The molecule has 72 valence electrons. The molecule has 0 aromatic carbocycles. The fourth-order valence-electron chi connectivity index (χ4n) is 0.958. The van der Waals surface area contributed by atoms with Crippen LogP contribution in [0.15, 0.2) is 0 Å². The van der Waals surface area contributed by atoms with Gasteiger partial charge in [-0.15, -0.1) is 0 Å². The summed E-state index contributed by atoms with van der Waals surface area (Å²) in [5.41, 5.74) is -0.169. The molecule has 0 spiro atoms. The fourth-order valence-corrected chi connectivity index (χ4v) is 2.87. The van der Waals surface area contributed by atoms with E-state index in [1.54, 1.807) is 0 Å². The van der Waals surface area contributed by atoms with E-state index in [0.717, 1.165) is 0 Å². The Balaban J connectivity index is 4.73. The monoisotopic (exact) mass is 188 g/mol. The third-order valence-corrected chi connectivity index (χ3v) is 9.66. The highest BCUT2D eigenvalue weighted by Gasteiger charge is 2.43. The first-order valence-electron chi connectivity index (χ1n) is 4.33. The molecule has 0 radical (unpaired) electrons. The van der Waals surface area contributed by atoms with Crippen LogP contribution in [-0.2, 0) is 4.79 Å². The van der Waals surface area contributed by atoms with E-state index in [4.69, 9.17) is 5.11 Å². The lowest BCUT2D eigenvalue weighted by molar-refractivity contribution is -0.136. The average molecular weight is 188 g/mol. The molecule has 0 saturated heterocycles. The van der Waals surface area contributed by atoms with Gasteiger partial charge in [0.05, 0.1) is 8.07 Å². The Hall–Kier alpha value is -0.313. The highest BCUT2D eigenvalue weighted by Crippen LogP contribution is 2.43. The van der Waals surface area contributed by atoms with Crippen molar-refractivity contribution in [2.75, 3.05) is 0 Å². The van der Waals surface area contributed by atoms with Crippen LogP contribution >= 0.6 is 0 Å². The minimum atomic E-state index is -1.67. The molecule has 3 heteroatoms. The highest BCUT2D eigenvalue weighted by atomic mass is 28.3. The molecular weight excluding hydrogens is 168 g/mol. The van der Waals surface area contributed by atoms with Crippen LogP contribution in [0.1, 0.15) is 27.7 Å². The van der Waals surface area contributed by atoms with Gasteiger partial charge in [0.25, 0.3) is 0 Å². The average Bonchev–Trinajstić information content (AvgIpc) is 1.83. The molecule has 0 aromatic rings. The Morgan fingerprint density at radius 3 is 1.75 bits per heavy atom. The number of hydrogen-bond acceptors (Lipinski definition) is 1. The zero-order chi connectivity index (χ0) is 10.2. The van der Waals surface area contributed by atoms with Gasteiger partial charge in [0.2, 0.25) is 0 Å². The van der Waals surface area contributed by atoms with E-state index in [9.17, 15) is 4.79 Å². The summed E-state index contributed by atoms with van der Waals surface area (Å²) in [6, 6.07) is 0. The van der Waals surface area contributed by atoms with Crippen molar-refractivity contribution in [3.8, 4) is 0 Å². The van der Waals surface area contributed by atoms with Crippen molar-refractivity contribution < 1.29 is 9.90 Å². The standard InChI is InChI=1S/C9H20O2Si/c1-7(8(10)11)12(5,6)9(2,3)4/h7H,1-6H3,(H,10,11)/t7-/m0/s1. The molecule has 0 bridgehead atoms. The van der Waals surface area contributed by atoms with Crippen LogP contribution in [0.2, 0.25) is 23.7 Å². The van der Waals surface area contributed by atoms with Gasteiger partial charge in [0, 0.05) is 5.54 Å². The molecule has 0 aliphatic carbocycles. The molecule has 0 heterocycles. The van der Waals surface area contributed by atoms with E-state index in [0.29, 0.717) is 0 Å². The summed E-state index contributed by atoms with van der Waals surface area (Å²) in [5, 5.41) is 9.07. The largest absolute Gasteiger partial charge is 0.481 e. The second kappa shape index (κ2) is 3.21. The number of carbonyl (C=O) groups is 1. The Morgan fingerprint density at radius 1 is 1.33 bits per heavy atom. The maximum Gasteiger partial charge on any atom is 0.303 e. The Bertz CT molecular complexity index is 179. The minimum Gasteiger partial charge on any atom is -0.481 e. The molecule has 1 N–H and O–H groups in total. The quantitative estimate of drug-likeness (QED) is 0.676. The van der Waals surface area contributed by atoms with Crippen LogP contribution in [0.5, 0.6) is 0 Å². The Morgan fingerprint density at radius 2 is 1.67 bits per heavy atom. The van der Waals surface area contributed by atoms with Crippen molar-refractivity contribution in [3.05, 3.63) is 0 Å². The SMILES string of the molecule is C[C@@H](C(=O)O)[Si](C)(C)C(C)(C)C. The lowest BCUT2D eigenvalue weighted by Crippen LogP contribution is -2.44. The van der Waals surface area contributed by atoms with Crippen LogP contribution in [0.3, 0.4) is 0 Å². The first-order valence-corrected chi connectivity index (χ1v) is 7.41. The van der Waals surface area contributed by atoms with Crippen molar-refractivity contribution in [1.29, 1.82) is 0 Å². The van der Waals surface area contributed by atoms with Gasteiger partial charge in [0.15, 0.2) is 0 Å². The summed E-state index contributed by atoms with van der Waals surface area (Å²) < 4.78 is 0. The molecule has 12 heavy (non-hydrogen) atoms. The minimum absolute atomic E-state index is 0.158. The second-order valence-electron chi connectivity index (χ2n) is 5.03. The molecule has 0 aliphatic heterocycles. The number of carboxylic acids is 1. The van der Waals surface area contributed by atoms with E-state index in [1.807, 2.05) is 6.92 Å². The van der Waals surface area contributed by atoms with E-state index in [2.05, 4.69) is 33.9 Å². The van der Waals surface area contributed by atoms with Crippen LogP contribution in [0.25, 0.3) is 0 Å². The smallest absolute Gasteiger partial charge is 0.303 e. The first kappa shape index (κ1) is 11.7. The number of rotatable bonds is 2. The Labute approximate surface area is 76.0 Å². The van der Waals surface area contributed by atoms with Gasteiger partial charge in [-0.3, -0.25) is 4.79 Å². The normalized spacial score (nSPS) is 15.8. The summed E-state index contributed by atoms with van der Waals surface area (Å²) in [5.74, 6) is -0.651. The van der Waals surface area contributed by atoms with Crippen molar-refractivity contribution in [3.63, 3.8) is 0 Å². The molecule has 0 rings (SSSR count). The predicted octanol–water partition coefficient (Wildman–Crippen LogP) is 2.97. The van der Waals surface area contributed by atoms with Gasteiger partial charge in [-0.25, -0.2) is 0 Å². The Kier molecular flexibility index (Phi) is 3.12. The third-order valence-electron chi connectivity index (χ3n) is 3.39. The van der Waals surface area contributed by atoms with Crippen LogP contribution in [-0.4, -0.2) is 19.1 Å². The molecule has 0 saturated carbocycles. The van der Waals surface area contributed by atoms with E-state index >= 15 is 0 Å². The van der Waals surface area contributed by atoms with Gasteiger partial charge < -0.3 is 5.11 Å². The van der Waals surface area contributed by atoms with Crippen LogP contribution < -0.4 is 0 Å². The number of aliphatic carboxylic acids is 1. The molecule has 0 amide bonds. The number of hydrogen-bond donors (Lipinski definition) is 1. The summed E-state index contributed by atoms with van der Waals surface area (Å²) in [6.45, 7) is 12.5. The summed E-state index contributed by atoms with van der Waals surface area (Å²) in [4.78, 5) is 10.8. The predicted molar refractivity (Wildman–Crippen MR) is 54.3 cm³/mol. The summed E-state index contributed by atoms with van der Waals surface area (Å²) in [7, 11) is -1.67. The lowest BCUT2D eigenvalue weighted by Gasteiger charge is -2.39. The van der Waals surface area contributed by atoms with Gasteiger partial charge in [-0.1, -0.05) is 40.8 Å². The van der Waals surface area contributed by atoms with Crippen LogP contribution in [0, 0.1) is 0 Å². The zero-order valence-corrected chi connectivity index (χ0v) is 9.93. The maximum atomic E-state index is 10.8. The van der Waals surface area contributed by atoms with Gasteiger partial charge in [0.1, 0.15) is 0 Å². The van der Waals surface area contributed by atoms with Crippen molar-refractivity contribution in [2.24, 2.45) is 0 Å². The van der Waals surface area contributed by atoms with Crippen molar-refractivity contribution >= 4 is 14.0 Å². The van der Waals surface area contributed by atoms with Crippen molar-refractivity contribution in [2.45, 2.75) is 51.4 Å². The summed E-state index contributed by atoms with van der Waals surface area (Å²) in [6.07, 6.45) is 0. The van der Waals surface area contributed by atoms with Gasteiger partial charge in [-0.2, -0.15) is 0 Å². The van der Waals surface area contributed by atoms with Gasteiger partial charge >= 0.3 is 5.97 Å².